The van der Waals surface area contributed by atoms with Gasteiger partial charge in [0.2, 0.25) is 15.9 Å². The Morgan fingerprint density at radius 1 is 1.33 bits per heavy atom. The Kier molecular flexibility index (Phi) is 5.53. The molecule has 0 amide bonds. The lowest BCUT2D eigenvalue weighted by Crippen LogP contribution is -2.48. The van der Waals surface area contributed by atoms with E-state index in [2.05, 4.69) is 9.88 Å². The number of nitrogens with one attached hydrogen (secondary N) is 1. The molecule has 3 rings (SSSR count). The molecule has 0 spiro atoms. The molecule has 0 aliphatic heterocycles. The molecule has 2 atom stereocenters. The van der Waals surface area contributed by atoms with Gasteiger partial charge in [-0.2, -0.15) is 0 Å². The molecule has 0 radical (unpaired) electrons. The molecule has 1 saturated carbocycles. The summed E-state index contributed by atoms with van der Waals surface area (Å²) in [6.45, 7) is 1.81. The number of aromatic nitrogens is 1. The van der Waals surface area contributed by atoms with Gasteiger partial charge in [0.15, 0.2) is 0 Å². The second-order valence-electron chi connectivity index (χ2n) is 7.01. The number of halogens is 2. The zero-order chi connectivity index (χ0) is 19.7. The standard InChI is InChI=1S/C18H22F2N2O4S/c1-12-9-17(21-26-12)13-3-5-15(6-4-13)25-11-14-10-18(19,20)8-7-16(14)22-27(2,23)24/h3-6,9,14,16,22H,7-8,10-11H2,1-2H3/t14-,16-/m0/s1. The van der Waals surface area contributed by atoms with Crippen LogP contribution in [0.1, 0.15) is 25.0 Å². The molecule has 0 saturated heterocycles. The molecular weight excluding hydrogens is 378 g/mol. The number of sulfonamides is 1. The van der Waals surface area contributed by atoms with Crippen molar-refractivity contribution in [2.45, 2.75) is 38.2 Å². The lowest BCUT2D eigenvalue weighted by Gasteiger charge is -2.35. The molecule has 0 unspecified atom stereocenters. The van der Waals surface area contributed by atoms with Crippen molar-refractivity contribution < 1.29 is 26.5 Å². The maximum Gasteiger partial charge on any atom is 0.248 e. The molecule has 0 bridgehead atoms. The monoisotopic (exact) mass is 400 g/mol. The van der Waals surface area contributed by atoms with Gasteiger partial charge < -0.3 is 9.26 Å². The van der Waals surface area contributed by atoms with Crippen molar-refractivity contribution in [3.8, 4) is 17.0 Å². The van der Waals surface area contributed by atoms with Gasteiger partial charge in [-0.25, -0.2) is 21.9 Å². The Balaban J connectivity index is 1.65. The first kappa shape index (κ1) is 19.8. The topological polar surface area (TPSA) is 81.4 Å². The number of ether oxygens (including phenoxy) is 1. The lowest BCUT2D eigenvalue weighted by molar-refractivity contribution is -0.0660. The van der Waals surface area contributed by atoms with Crippen molar-refractivity contribution in [2.24, 2.45) is 5.92 Å². The van der Waals surface area contributed by atoms with Crippen LogP contribution < -0.4 is 9.46 Å². The van der Waals surface area contributed by atoms with Gasteiger partial charge in [0.05, 0.1) is 12.9 Å². The van der Waals surface area contributed by atoms with E-state index in [1.165, 1.54) is 0 Å². The van der Waals surface area contributed by atoms with Gasteiger partial charge in [-0.05, 0) is 37.6 Å². The van der Waals surface area contributed by atoms with Crippen LogP contribution in [0.4, 0.5) is 8.78 Å². The van der Waals surface area contributed by atoms with Crippen LogP contribution in [0.2, 0.25) is 0 Å². The van der Waals surface area contributed by atoms with Gasteiger partial charge in [0.25, 0.3) is 0 Å². The minimum atomic E-state index is -3.48. The summed E-state index contributed by atoms with van der Waals surface area (Å²) in [7, 11) is -3.48. The number of benzene rings is 1. The highest BCUT2D eigenvalue weighted by atomic mass is 32.2. The SMILES string of the molecule is Cc1cc(-c2ccc(OC[C@@H]3CC(F)(F)CC[C@@H]3NS(C)(=O)=O)cc2)no1. The highest BCUT2D eigenvalue weighted by molar-refractivity contribution is 7.88. The minimum Gasteiger partial charge on any atom is -0.493 e. The molecule has 1 fully saturated rings. The first-order valence-corrected chi connectivity index (χ1v) is 10.5. The number of rotatable bonds is 6. The maximum atomic E-state index is 13.8. The Morgan fingerprint density at radius 3 is 2.63 bits per heavy atom. The molecule has 148 valence electrons. The average Bonchev–Trinajstić information content (AvgIpc) is 3.01. The van der Waals surface area contributed by atoms with Crippen LogP contribution >= 0.6 is 0 Å². The van der Waals surface area contributed by atoms with Crippen LogP contribution in [0, 0.1) is 12.8 Å². The molecule has 27 heavy (non-hydrogen) atoms. The predicted molar refractivity (Wildman–Crippen MR) is 96.2 cm³/mol. The van der Waals surface area contributed by atoms with Gasteiger partial charge in [0, 0.05) is 36.4 Å². The predicted octanol–water partition coefficient (Wildman–Crippen LogP) is 3.38. The summed E-state index contributed by atoms with van der Waals surface area (Å²) < 4.78 is 63.7. The Labute approximate surface area is 156 Å². The molecule has 1 aromatic heterocycles. The summed E-state index contributed by atoms with van der Waals surface area (Å²) in [5.74, 6) is -2.20. The molecule has 1 aromatic carbocycles. The van der Waals surface area contributed by atoms with Crippen LogP contribution in [0.3, 0.4) is 0 Å². The number of aryl methyl sites for hydroxylation is 1. The van der Waals surface area contributed by atoms with Gasteiger partial charge in [0.1, 0.15) is 17.2 Å². The van der Waals surface area contributed by atoms with Crippen LogP contribution in [-0.2, 0) is 10.0 Å². The zero-order valence-electron chi connectivity index (χ0n) is 15.1. The van der Waals surface area contributed by atoms with E-state index in [0.717, 1.165) is 11.8 Å². The van der Waals surface area contributed by atoms with E-state index in [1.54, 1.807) is 37.3 Å². The quantitative estimate of drug-likeness (QED) is 0.804. The molecule has 1 aliphatic rings. The van der Waals surface area contributed by atoms with Crippen LogP contribution in [-0.4, -0.2) is 38.4 Å². The third-order valence-electron chi connectivity index (χ3n) is 4.56. The average molecular weight is 400 g/mol. The summed E-state index contributed by atoms with van der Waals surface area (Å²) in [4.78, 5) is 0. The van der Waals surface area contributed by atoms with Crippen molar-refractivity contribution >= 4 is 10.0 Å². The minimum absolute atomic E-state index is 0.00515. The number of hydrogen-bond donors (Lipinski definition) is 1. The van der Waals surface area contributed by atoms with Crippen molar-refractivity contribution in [3.05, 3.63) is 36.1 Å². The Morgan fingerprint density at radius 2 is 2.04 bits per heavy atom. The highest BCUT2D eigenvalue weighted by Gasteiger charge is 2.42. The molecule has 1 aliphatic carbocycles. The van der Waals surface area contributed by atoms with Crippen molar-refractivity contribution in [2.75, 3.05) is 12.9 Å². The summed E-state index contributed by atoms with van der Waals surface area (Å²) in [5, 5.41) is 3.93. The largest absolute Gasteiger partial charge is 0.493 e. The second kappa shape index (κ2) is 7.55. The van der Waals surface area contributed by atoms with E-state index in [9.17, 15) is 17.2 Å². The normalized spacial score (nSPS) is 22.5. The summed E-state index contributed by atoms with van der Waals surface area (Å²) in [5.41, 5.74) is 1.54. The van der Waals surface area contributed by atoms with Gasteiger partial charge in [-0.15, -0.1) is 0 Å². The van der Waals surface area contributed by atoms with E-state index in [-0.39, 0.29) is 19.4 Å². The van der Waals surface area contributed by atoms with Crippen molar-refractivity contribution in [1.82, 2.24) is 9.88 Å². The highest BCUT2D eigenvalue weighted by Crippen LogP contribution is 2.37. The molecule has 1 N–H and O–H groups in total. The molecule has 1 heterocycles. The summed E-state index contributed by atoms with van der Waals surface area (Å²) in [6, 6.07) is 8.29. The first-order chi connectivity index (χ1) is 12.6. The van der Waals surface area contributed by atoms with E-state index >= 15 is 0 Å². The molecule has 2 aromatic rings. The van der Waals surface area contributed by atoms with Gasteiger partial charge >= 0.3 is 0 Å². The first-order valence-electron chi connectivity index (χ1n) is 8.63. The van der Waals surface area contributed by atoms with E-state index in [4.69, 9.17) is 9.26 Å². The molecule has 9 heteroatoms. The van der Waals surface area contributed by atoms with E-state index in [1.807, 2.05) is 0 Å². The Bertz CT molecular complexity index is 881. The van der Waals surface area contributed by atoms with Crippen molar-refractivity contribution in [1.29, 1.82) is 0 Å². The number of nitrogens with zero attached hydrogens (tertiary/aromatic N) is 1. The van der Waals surface area contributed by atoms with E-state index < -0.39 is 34.3 Å². The Hall–Kier alpha value is -2.00. The van der Waals surface area contributed by atoms with Crippen molar-refractivity contribution in [3.63, 3.8) is 0 Å². The van der Waals surface area contributed by atoms with Crippen LogP contribution in [0.15, 0.2) is 34.9 Å². The number of hydrogen-bond acceptors (Lipinski definition) is 5. The third kappa shape index (κ3) is 5.49. The van der Waals surface area contributed by atoms with Gasteiger partial charge in [-0.1, -0.05) is 5.16 Å². The van der Waals surface area contributed by atoms with Gasteiger partial charge in [-0.3, -0.25) is 0 Å². The fourth-order valence-electron chi connectivity index (χ4n) is 3.26. The zero-order valence-corrected chi connectivity index (χ0v) is 15.9. The maximum absolute atomic E-state index is 13.8. The van der Waals surface area contributed by atoms with E-state index in [0.29, 0.717) is 17.2 Å². The number of alkyl halides is 2. The molecular formula is C18H22F2N2O4S. The summed E-state index contributed by atoms with van der Waals surface area (Å²) >= 11 is 0. The van der Waals surface area contributed by atoms with Crippen LogP contribution in [0.5, 0.6) is 5.75 Å². The fraction of sp³-hybridized carbons (Fsp3) is 0.500. The van der Waals surface area contributed by atoms with Crippen LogP contribution in [0.25, 0.3) is 11.3 Å². The smallest absolute Gasteiger partial charge is 0.248 e. The lowest BCUT2D eigenvalue weighted by atomic mass is 9.83. The molecule has 6 nitrogen and oxygen atoms in total. The third-order valence-corrected chi connectivity index (χ3v) is 5.29. The fourth-order valence-corrected chi connectivity index (χ4v) is 4.12. The summed E-state index contributed by atoms with van der Waals surface area (Å²) in [6.07, 6.45) is 0.375. The second-order valence-corrected chi connectivity index (χ2v) is 8.79.